The van der Waals surface area contributed by atoms with Crippen molar-refractivity contribution in [1.82, 2.24) is 0 Å². The predicted molar refractivity (Wildman–Crippen MR) is 217 cm³/mol. The molecule has 0 fully saturated rings. The second-order valence-electron chi connectivity index (χ2n) is 15.3. The first kappa shape index (κ1) is 47.4. The Hall–Kier alpha value is -1.58. The number of unbranched alkanes of at least 4 members (excludes halogenated alkanes) is 38. The van der Waals surface area contributed by atoms with E-state index in [2.05, 4.69) is 0 Å². The van der Waals surface area contributed by atoms with E-state index < -0.39 is 0 Å². The maximum Gasteiger partial charge on any atom is 0.241 e. The molecule has 0 unspecified atom stereocenters. The SMILES string of the molecule is NC(=O)C=CCCCCCCCCCCCCCCCCCCCCCCCCCCCCCCCCCCCCCCCC=CC(N)=O. The molecule has 0 aliphatic rings. The van der Waals surface area contributed by atoms with E-state index in [0.717, 1.165) is 12.8 Å². The lowest BCUT2D eigenvalue weighted by Crippen LogP contribution is -2.05. The van der Waals surface area contributed by atoms with Gasteiger partial charge < -0.3 is 11.5 Å². The third-order valence-electron chi connectivity index (χ3n) is 10.3. The maximum atomic E-state index is 10.6. The number of allylic oxidation sites excluding steroid dienone is 2. The number of hydrogen-bond acceptors (Lipinski definition) is 2. The summed E-state index contributed by atoms with van der Waals surface area (Å²) in [5, 5.41) is 0. The van der Waals surface area contributed by atoms with Crippen molar-refractivity contribution in [3.05, 3.63) is 24.3 Å². The normalized spacial score (nSPS) is 11.8. The average Bonchev–Trinajstić information content (AvgIpc) is 3.08. The van der Waals surface area contributed by atoms with Crippen LogP contribution in [0, 0.1) is 0 Å². The van der Waals surface area contributed by atoms with Gasteiger partial charge in [-0.15, -0.1) is 0 Å². The average molecular weight is 687 g/mol. The minimum Gasteiger partial charge on any atom is -0.366 e. The first-order valence-corrected chi connectivity index (χ1v) is 22.0. The quantitative estimate of drug-likeness (QED) is 0.0494. The molecular weight excluding hydrogens is 601 g/mol. The van der Waals surface area contributed by atoms with Gasteiger partial charge in [0.1, 0.15) is 0 Å². The molecule has 0 heterocycles. The van der Waals surface area contributed by atoms with Gasteiger partial charge in [-0.25, -0.2) is 0 Å². The van der Waals surface area contributed by atoms with Crippen molar-refractivity contribution in [1.29, 1.82) is 0 Å². The van der Waals surface area contributed by atoms with Crippen molar-refractivity contribution >= 4 is 11.8 Å². The Morgan fingerprint density at radius 1 is 0.245 bits per heavy atom. The summed E-state index contributed by atoms with van der Waals surface area (Å²) in [6, 6.07) is 0. The second kappa shape index (κ2) is 42.6. The Kier molecular flexibility index (Phi) is 41.2. The third-order valence-corrected chi connectivity index (χ3v) is 10.3. The number of carbonyl (C=O) groups is 2. The molecule has 288 valence electrons. The number of carbonyl (C=O) groups excluding carboxylic acids is 2. The fourth-order valence-corrected chi connectivity index (χ4v) is 7.11. The Morgan fingerprint density at radius 3 is 0.490 bits per heavy atom. The van der Waals surface area contributed by atoms with E-state index in [1.54, 1.807) is 0 Å². The molecule has 0 aromatic heterocycles. The molecule has 2 amide bonds. The summed E-state index contributed by atoms with van der Waals surface area (Å²) in [7, 11) is 0. The van der Waals surface area contributed by atoms with E-state index in [9.17, 15) is 9.59 Å². The highest BCUT2D eigenvalue weighted by Gasteiger charge is 1.98. The van der Waals surface area contributed by atoms with Crippen LogP contribution in [0.3, 0.4) is 0 Å². The molecule has 4 N–H and O–H groups in total. The minimum atomic E-state index is -0.331. The molecule has 0 aliphatic heterocycles. The van der Waals surface area contributed by atoms with Crippen LogP contribution in [0.1, 0.15) is 250 Å². The maximum absolute atomic E-state index is 10.6. The largest absolute Gasteiger partial charge is 0.366 e. The van der Waals surface area contributed by atoms with Gasteiger partial charge in [-0.05, 0) is 37.8 Å². The van der Waals surface area contributed by atoms with Gasteiger partial charge in [-0.1, -0.05) is 237 Å². The molecular formula is C45H86N2O2. The Balaban J connectivity index is 3.08. The van der Waals surface area contributed by atoms with Gasteiger partial charge in [0.05, 0.1) is 0 Å². The first-order chi connectivity index (χ1) is 24.1. The van der Waals surface area contributed by atoms with E-state index in [0.29, 0.717) is 0 Å². The highest BCUT2D eigenvalue weighted by Crippen LogP contribution is 2.17. The van der Waals surface area contributed by atoms with E-state index in [1.165, 1.54) is 250 Å². The predicted octanol–water partition coefficient (Wildman–Crippen LogP) is 14.3. The fraction of sp³-hybridized carbons (Fsp3) is 0.867. The summed E-state index contributed by atoms with van der Waals surface area (Å²) in [5.74, 6) is -0.662. The van der Waals surface area contributed by atoms with Crippen LogP contribution in [0.2, 0.25) is 0 Å². The lowest BCUT2D eigenvalue weighted by molar-refractivity contribution is -0.114. The number of amides is 2. The second-order valence-corrected chi connectivity index (χ2v) is 15.3. The number of nitrogens with two attached hydrogens (primary N) is 2. The van der Waals surface area contributed by atoms with Crippen molar-refractivity contribution in [3.8, 4) is 0 Å². The summed E-state index contributed by atoms with van der Waals surface area (Å²) >= 11 is 0. The first-order valence-electron chi connectivity index (χ1n) is 22.0. The molecule has 0 bridgehead atoms. The molecule has 0 saturated heterocycles. The van der Waals surface area contributed by atoms with Crippen LogP contribution in [-0.2, 0) is 9.59 Å². The molecule has 49 heavy (non-hydrogen) atoms. The molecule has 0 spiro atoms. The van der Waals surface area contributed by atoms with Gasteiger partial charge >= 0.3 is 0 Å². The highest BCUT2D eigenvalue weighted by atomic mass is 16.1. The summed E-state index contributed by atoms with van der Waals surface area (Å²) in [4.78, 5) is 21.3. The zero-order valence-electron chi connectivity index (χ0n) is 32.9. The zero-order valence-corrected chi connectivity index (χ0v) is 32.9. The van der Waals surface area contributed by atoms with Crippen LogP contribution >= 0.6 is 0 Å². The van der Waals surface area contributed by atoms with Crippen molar-refractivity contribution in [2.45, 2.75) is 250 Å². The van der Waals surface area contributed by atoms with Crippen molar-refractivity contribution in [2.24, 2.45) is 11.5 Å². The van der Waals surface area contributed by atoms with Gasteiger partial charge in [-0.3, -0.25) is 9.59 Å². The van der Waals surface area contributed by atoms with Crippen LogP contribution in [-0.4, -0.2) is 11.8 Å². The molecule has 0 aliphatic carbocycles. The molecule has 4 nitrogen and oxygen atoms in total. The number of rotatable bonds is 42. The fourth-order valence-electron chi connectivity index (χ4n) is 7.11. The van der Waals surface area contributed by atoms with Gasteiger partial charge in [0.25, 0.3) is 0 Å². The molecule has 4 heteroatoms. The van der Waals surface area contributed by atoms with Gasteiger partial charge in [0.15, 0.2) is 0 Å². The van der Waals surface area contributed by atoms with Crippen LogP contribution in [0.4, 0.5) is 0 Å². The van der Waals surface area contributed by atoms with Crippen molar-refractivity contribution < 1.29 is 9.59 Å². The van der Waals surface area contributed by atoms with Gasteiger partial charge in [0, 0.05) is 0 Å². The topological polar surface area (TPSA) is 86.2 Å². The summed E-state index contributed by atoms with van der Waals surface area (Å²) in [6.07, 6.45) is 61.0. The van der Waals surface area contributed by atoms with Crippen LogP contribution < -0.4 is 11.5 Å². The van der Waals surface area contributed by atoms with Crippen LogP contribution in [0.5, 0.6) is 0 Å². The van der Waals surface area contributed by atoms with Gasteiger partial charge in [0.2, 0.25) is 11.8 Å². The highest BCUT2D eigenvalue weighted by molar-refractivity contribution is 5.85. The van der Waals surface area contributed by atoms with Crippen molar-refractivity contribution in [2.75, 3.05) is 0 Å². The Bertz CT molecular complexity index is 672. The van der Waals surface area contributed by atoms with E-state index in [1.807, 2.05) is 12.2 Å². The monoisotopic (exact) mass is 687 g/mol. The molecule has 0 aromatic rings. The van der Waals surface area contributed by atoms with E-state index in [4.69, 9.17) is 11.5 Å². The van der Waals surface area contributed by atoms with E-state index in [-0.39, 0.29) is 11.8 Å². The van der Waals surface area contributed by atoms with Crippen molar-refractivity contribution in [3.63, 3.8) is 0 Å². The lowest BCUT2D eigenvalue weighted by atomic mass is 10.0. The molecule has 0 saturated carbocycles. The molecule has 0 aromatic carbocycles. The van der Waals surface area contributed by atoms with Crippen LogP contribution in [0.25, 0.3) is 0 Å². The van der Waals surface area contributed by atoms with Gasteiger partial charge in [-0.2, -0.15) is 0 Å². The number of primary amides is 2. The molecule has 0 radical (unpaired) electrons. The molecule has 0 atom stereocenters. The number of hydrogen-bond donors (Lipinski definition) is 2. The summed E-state index contributed by atoms with van der Waals surface area (Å²) in [6.45, 7) is 0. The standard InChI is InChI=1S/C45H86N2O2/c46-44(48)42-40-38-36-34-32-30-28-26-24-22-20-18-16-14-12-10-8-6-4-2-1-3-5-7-9-11-13-15-17-19-21-23-25-27-29-31-33-35-37-39-41-43-45(47)49/h40-43H,1-39H2,(H2,46,48)(H2,47,49). The smallest absolute Gasteiger partial charge is 0.241 e. The summed E-state index contributed by atoms with van der Waals surface area (Å²) in [5.41, 5.74) is 10.2. The van der Waals surface area contributed by atoms with E-state index >= 15 is 0 Å². The lowest BCUT2D eigenvalue weighted by Gasteiger charge is -2.05. The zero-order chi connectivity index (χ0) is 35.6. The Morgan fingerprint density at radius 2 is 0.367 bits per heavy atom. The van der Waals surface area contributed by atoms with Crippen LogP contribution in [0.15, 0.2) is 24.3 Å². The Labute approximate surface area is 306 Å². The third kappa shape index (κ3) is 46.4. The minimum absolute atomic E-state index is 0.331. The molecule has 0 rings (SSSR count). The summed E-state index contributed by atoms with van der Waals surface area (Å²) < 4.78 is 0.